The number of ether oxygens (including phenoxy) is 1. The zero-order valence-electron chi connectivity index (χ0n) is 14.4. The molecule has 0 saturated carbocycles. The highest BCUT2D eigenvalue weighted by Gasteiger charge is 2.04. The van der Waals surface area contributed by atoms with E-state index in [1.165, 1.54) is 5.56 Å². The maximum atomic E-state index is 12.0. The second-order valence-corrected chi connectivity index (χ2v) is 5.75. The van der Waals surface area contributed by atoms with Crippen molar-refractivity contribution in [2.75, 3.05) is 0 Å². The summed E-state index contributed by atoms with van der Waals surface area (Å²) in [7, 11) is 0. The van der Waals surface area contributed by atoms with Crippen LogP contribution < -0.4 is 10.2 Å². The lowest BCUT2D eigenvalue weighted by molar-refractivity contribution is 0.0955. The number of nitrogens with zero attached hydrogens (tertiary/aromatic N) is 2. The second kappa shape index (κ2) is 8.58. The molecule has 1 aromatic heterocycles. The van der Waals surface area contributed by atoms with E-state index in [9.17, 15) is 4.79 Å². The summed E-state index contributed by atoms with van der Waals surface area (Å²) in [6.45, 7) is 2.52. The minimum atomic E-state index is -0.290. The van der Waals surface area contributed by atoms with Gasteiger partial charge in [0.05, 0.1) is 6.21 Å². The number of carbonyl (C=O) groups excluding carboxylic acids is 1. The fourth-order valence-corrected chi connectivity index (χ4v) is 2.29. The van der Waals surface area contributed by atoms with E-state index in [1.54, 1.807) is 30.7 Å². The van der Waals surface area contributed by atoms with Gasteiger partial charge in [0, 0.05) is 23.5 Å². The molecule has 3 rings (SSSR count). The van der Waals surface area contributed by atoms with E-state index in [-0.39, 0.29) is 5.91 Å². The Bertz CT molecular complexity index is 891. The molecule has 0 unspecified atom stereocenters. The molecular weight excluding hydrogens is 326 g/mol. The Morgan fingerprint density at radius 2 is 1.81 bits per heavy atom. The number of aromatic nitrogens is 1. The van der Waals surface area contributed by atoms with Gasteiger partial charge in [-0.15, -0.1) is 0 Å². The van der Waals surface area contributed by atoms with Gasteiger partial charge in [0.25, 0.3) is 5.91 Å². The number of hydrogen-bond donors (Lipinski definition) is 1. The summed E-state index contributed by atoms with van der Waals surface area (Å²) >= 11 is 0. The third kappa shape index (κ3) is 4.77. The van der Waals surface area contributed by atoms with Crippen LogP contribution in [0.5, 0.6) is 5.75 Å². The molecule has 0 aliphatic carbocycles. The number of hydrazone groups is 1. The van der Waals surface area contributed by atoms with Crippen molar-refractivity contribution in [2.45, 2.75) is 13.5 Å². The molecule has 0 aliphatic heterocycles. The van der Waals surface area contributed by atoms with Gasteiger partial charge in [-0.2, -0.15) is 5.10 Å². The van der Waals surface area contributed by atoms with E-state index in [2.05, 4.69) is 34.6 Å². The highest BCUT2D eigenvalue weighted by Crippen LogP contribution is 2.17. The summed E-state index contributed by atoms with van der Waals surface area (Å²) in [4.78, 5) is 15.9. The fraction of sp³-hybridized carbons (Fsp3) is 0.0952. The van der Waals surface area contributed by atoms with Crippen LogP contribution in [0.15, 0.2) is 78.2 Å². The normalized spacial score (nSPS) is 10.7. The molecule has 0 aliphatic rings. The van der Waals surface area contributed by atoms with Crippen LogP contribution in [0, 0.1) is 6.92 Å². The van der Waals surface area contributed by atoms with E-state index in [4.69, 9.17) is 4.74 Å². The molecule has 0 radical (unpaired) electrons. The van der Waals surface area contributed by atoms with Crippen molar-refractivity contribution >= 4 is 12.1 Å². The van der Waals surface area contributed by atoms with Crippen LogP contribution in [0.25, 0.3) is 0 Å². The van der Waals surface area contributed by atoms with Crippen LogP contribution in [0.2, 0.25) is 0 Å². The monoisotopic (exact) mass is 345 g/mol. The Kier molecular flexibility index (Phi) is 5.72. The zero-order valence-corrected chi connectivity index (χ0v) is 14.4. The number of aryl methyl sites for hydroxylation is 1. The quantitative estimate of drug-likeness (QED) is 0.547. The number of benzene rings is 2. The smallest absolute Gasteiger partial charge is 0.271 e. The van der Waals surface area contributed by atoms with E-state index in [0.717, 1.165) is 11.1 Å². The maximum absolute atomic E-state index is 12.0. The standard InChI is InChI=1S/C21H19N3O2/c1-16-6-8-17(9-7-16)15-26-20-5-3-2-4-19(20)14-23-24-21(25)18-10-12-22-13-11-18/h2-14H,15H2,1H3,(H,24,25)/b23-14-. The largest absolute Gasteiger partial charge is 0.488 e. The van der Waals surface area contributed by atoms with Gasteiger partial charge in [0.2, 0.25) is 0 Å². The Hall–Kier alpha value is -3.47. The van der Waals surface area contributed by atoms with Crippen LogP contribution in [-0.2, 0) is 6.61 Å². The molecule has 5 nitrogen and oxygen atoms in total. The third-order valence-electron chi connectivity index (χ3n) is 3.75. The summed E-state index contributed by atoms with van der Waals surface area (Å²) in [6, 6.07) is 19.0. The van der Waals surface area contributed by atoms with Gasteiger partial charge in [0.1, 0.15) is 12.4 Å². The predicted octanol–water partition coefficient (Wildman–Crippen LogP) is 3.73. The molecule has 1 amide bonds. The molecule has 0 spiro atoms. The molecule has 26 heavy (non-hydrogen) atoms. The molecule has 3 aromatic rings. The highest BCUT2D eigenvalue weighted by molar-refractivity contribution is 5.94. The zero-order chi connectivity index (χ0) is 18.2. The molecule has 0 atom stereocenters. The molecule has 2 aromatic carbocycles. The van der Waals surface area contributed by atoms with Gasteiger partial charge in [-0.25, -0.2) is 5.43 Å². The third-order valence-corrected chi connectivity index (χ3v) is 3.75. The first-order valence-electron chi connectivity index (χ1n) is 8.23. The summed E-state index contributed by atoms with van der Waals surface area (Å²) in [6.07, 6.45) is 4.70. The van der Waals surface area contributed by atoms with Crippen molar-refractivity contribution in [2.24, 2.45) is 5.10 Å². The van der Waals surface area contributed by atoms with Crippen LogP contribution in [0.1, 0.15) is 27.0 Å². The summed E-state index contributed by atoms with van der Waals surface area (Å²) in [5, 5.41) is 4.02. The number of rotatable bonds is 6. The molecule has 1 N–H and O–H groups in total. The molecule has 0 saturated heterocycles. The number of carbonyl (C=O) groups is 1. The summed E-state index contributed by atoms with van der Waals surface area (Å²) in [5.41, 5.74) is 6.09. The van der Waals surface area contributed by atoms with Gasteiger partial charge >= 0.3 is 0 Å². The molecule has 5 heteroatoms. The predicted molar refractivity (Wildman–Crippen MR) is 101 cm³/mol. The summed E-state index contributed by atoms with van der Waals surface area (Å²) in [5.74, 6) is 0.414. The first-order valence-corrected chi connectivity index (χ1v) is 8.23. The van der Waals surface area contributed by atoms with E-state index >= 15 is 0 Å². The first kappa shape index (κ1) is 17.4. The van der Waals surface area contributed by atoms with E-state index in [1.807, 2.05) is 36.4 Å². The van der Waals surface area contributed by atoms with Gasteiger partial charge in [-0.3, -0.25) is 9.78 Å². The highest BCUT2D eigenvalue weighted by atomic mass is 16.5. The Morgan fingerprint density at radius 3 is 2.58 bits per heavy atom. The molecule has 0 bridgehead atoms. The molecule has 0 fully saturated rings. The number of nitrogens with one attached hydrogen (secondary N) is 1. The fourth-order valence-electron chi connectivity index (χ4n) is 2.29. The number of para-hydroxylation sites is 1. The molecule has 130 valence electrons. The number of hydrogen-bond acceptors (Lipinski definition) is 4. The van der Waals surface area contributed by atoms with Gasteiger partial charge in [-0.05, 0) is 36.8 Å². The Balaban J connectivity index is 1.63. The van der Waals surface area contributed by atoms with Crippen molar-refractivity contribution in [1.29, 1.82) is 0 Å². The van der Waals surface area contributed by atoms with Gasteiger partial charge < -0.3 is 4.74 Å². The lowest BCUT2D eigenvalue weighted by Gasteiger charge is -2.09. The maximum Gasteiger partial charge on any atom is 0.271 e. The minimum Gasteiger partial charge on any atom is -0.488 e. The van der Waals surface area contributed by atoms with Crippen LogP contribution in [0.3, 0.4) is 0 Å². The second-order valence-electron chi connectivity index (χ2n) is 5.75. The average molecular weight is 345 g/mol. The first-order chi connectivity index (χ1) is 12.7. The lowest BCUT2D eigenvalue weighted by atomic mass is 10.1. The van der Waals surface area contributed by atoms with Crippen LogP contribution >= 0.6 is 0 Å². The SMILES string of the molecule is Cc1ccc(COc2ccccc2/C=N\NC(=O)c2ccncc2)cc1. The van der Waals surface area contributed by atoms with Crippen molar-refractivity contribution in [3.63, 3.8) is 0 Å². The van der Waals surface area contributed by atoms with Crippen LogP contribution in [0.4, 0.5) is 0 Å². The number of pyridine rings is 1. The topological polar surface area (TPSA) is 63.6 Å². The van der Waals surface area contributed by atoms with Crippen molar-refractivity contribution < 1.29 is 9.53 Å². The van der Waals surface area contributed by atoms with Crippen molar-refractivity contribution in [3.8, 4) is 5.75 Å². The number of amides is 1. The summed E-state index contributed by atoms with van der Waals surface area (Å²) < 4.78 is 5.89. The van der Waals surface area contributed by atoms with Gasteiger partial charge in [-0.1, -0.05) is 42.0 Å². The Morgan fingerprint density at radius 1 is 1.08 bits per heavy atom. The van der Waals surface area contributed by atoms with Crippen molar-refractivity contribution in [3.05, 3.63) is 95.3 Å². The van der Waals surface area contributed by atoms with Gasteiger partial charge in [0.15, 0.2) is 0 Å². The van der Waals surface area contributed by atoms with E-state index < -0.39 is 0 Å². The minimum absolute atomic E-state index is 0.290. The molecular formula is C21H19N3O2. The average Bonchev–Trinajstić information content (AvgIpc) is 2.69. The van der Waals surface area contributed by atoms with E-state index in [0.29, 0.717) is 17.9 Å². The lowest BCUT2D eigenvalue weighted by Crippen LogP contribution is -2.17. The Labute approximate surface area is 152 Å². The van der Waals surface area contributed by atoms with Crippen molar-refractivity contribution in [1.82, 2.24) is 10.4 Å². The molecule has 1 heterocycles. The van der Waals surface area contributed by atoms with Crippen LogP contribution in [-0.4, -0.2) is 17.1 Å².